The van der Waals surface area contributed by atoms with Crippen molar-refractivity contribution >= 4 is 34.6 Å². The third-order valence-electron chi connectivity index (χ3n) is 3.96. The van der Waals surface area contributed by atoms with E-state index in [1.807, 2.05) is 12.1 Å². The highest BCUT2D eigenvalue weighted by atomic mass is 32.1. The van der Waals surface area contributed by atoms with Crippen LogP contribution in [0.5, 0.6) is 5.75 Å². The van der Waals surface area contributed by atoms with Crippen molar-refractivity contribution in [2.24, 2.45) is 0 Å². The van der Waals surface area contributed by atoms with Crippen LogP contribution in [0, 0.1) is 10.1 Å². The zero-order valence-electron chi connectivity index (χ0n) is 15.3. The predicted octanol–water partition coefficient (Wildman–Crippen LogP) is 2.90. The lowest BCUT2D eigenvalue weighted by Crippen LogP contribution is -2.43. The number of nitro groups is 1. The van der Waals surface area contributed by atoms with Crippen LogP contribution in [-0.4, -0.2) is 41.3 Å². The summed E-state index contributed by atoms with van der Waals surface area (Å²) in [7, 11) is 1.56. The summed E-state index contributed by atoms with van der Waals surface area (Å²) in [5.74, 6) is 0.184. The number of aliphatic hydroxyl groups is 1. The van der Waals surface area contributed by atoms with Gasteiger partial charge in [-0.3, -0.25) is 20.2 Å². The highest BCUT2D eigenvalue weighted by Crippen LogP contribution is 2.22. The maximum atomic E-state index is 12.5. The Bertz CT molecular complexity index is 842. The highest BCUT2D eigenvalue weighted by Gasteiger charge is 2.17. The number of unbranched alkanes of at least 4 members (excludes halogenated alkanes) is 1. The first kappa shape index (κ1) is 21.3. The van der Waals surface area contributed by atoms with Crippen molar-refractivity contribution in [3.63, 3.8) is 0 Å². The normalized spacial score (nSPS) is 10.2. The van der Waals surface area contributed by atoms with Gasteiger partial charge in [0.05, 0.1) is 12.0 Å². The van der Waals surface area contributed by atoms with Gasteiger partial charge in [-0.25, -0.2) is 0 Å². The number of amides is 1. The first-order valence-electron chi connectivity index (χ1n) is 8.58. The molecule has 0 heterocycles. The van der Waals surface area contributed by atoms with E-state index >= 15 is 0 Å². The van der Waals surface area contributed by atoms with Crippen molar-refractivity contribution < 1.29 is 19.6 Å². The fourth-order valence-electron chi connectivity index (χ4n) is 2.48. The molecule has 0 aliphatic heterocycles. The van der Waals surface area contributed by atoms with Crippen LogP contribution in [0.3, 0.4) is 0 Å². The minimum atomic E-state index is -0.530. The predicted molar refractivity (Wildman–Crippen MR) is 110 cm³/mol. The highest BCUT2D eigenvalue weighted by molar-refractivity contribution is 7.80. The van der Waals surface area contributed by atoms with Crippen molar-refractivity contribution in [1.29, 1.82) is 0 Å². The Balaban J connectivity index is 2.16. The molecule has 1 amide bonds. The van der Waals surface area contributed by atoms with Crippen LogP contribution in [0.25, 0.3) is 0 Å². The summed E-state index contributed by atoms with van der Waals surface area (Å²) < 4.78 is 5.24. The maximum absolute atomic E-state index is 12.5. The minimum absolute atomic E-state index is 0.0634. The van der Waals surface area contributed by atoms with Gasteiger partial charge in [-0.1, -0.05) is 6.07 Å². The molecule has 0 bridgehead atoms. The quantitative estimate of drug-likeness (QED) is 0.302. The number of methoxy groups -OCH3 is 1. The van der Waals surface area contributed by atoms with Gasteiger partial charge in [0.25, 0.3) is 11.6 Å². The molecule has 8 nitrogen and oxygen atoms in total. The van der Waals surface area contributed by atoms with Gasteiger partial charge in [0.2, 0.25) is 0 Å². The van der Waals surface area contributed by atoms with E-state index in [1.165, 1.54) is 24.3 Å². The van der Waals surface area contributed by atoms with Crippen LogP contribution >= 0.6 is 12.2 Å². The van der Waals surface area contributed by atoms with Crippen molar-refractivity contribution in [3.05, 3.63) is 64.2 Å². The first-order chi connectivity index (χ1) is 13.5. The molecule has 0 fully saturated rings. The van der Waals surface area contributed by atoms with Crippen molar-refractivity contribution in [3.8, 4) is 5.75 Å². The summed E-state index contributed by atoms with van der Waals surface area (Å²) in [6.45, 7) is 0.557. The number of ether oxygens (including phenoxy) is 1. The van der Waals surface area contributed by atoms with Crippen LogP contribution in [0.4, 0.5) is 11.4 Å². The standard InChI is InChI=1S/C19H21N3O5S/c1-27-17-6-4-5-16(13-17)21(11-2-3-12-23)19(28)20-18(24)14-7-9-15(10-8-14)22(25)26/h4-10,13,23H,2-3,11-12H2,1H3,(H,20,24,28). The topological polar surface area (TPSA) is 105 Å². The van der Waals surface area contributed by atoms with E-state index in [0.29, 0.717) is 25.1 Å². The number of nitro benzene ring substituents is 1. The number of rotatable bonds is 8. The van der Waals surface area contributed by atoms with E-state index < -0.39 is 10.8 Å². The molecule has 2 N–H and O–H groups in total. The largest absolute Gasteiger partial charge is 0.497 e. The Kier molecular flexibility index (Phi) is 7.85. The SMILES string of the molecule is COc1cccc(N(CCCCO)C(=S)NC(=O)c2ccc([N+](=O)[O-])cc2)c1. The molecule has 0 spiro atoms. The third-order valence-corrected chi connectivity index (χ3v) is 4.28. The average Bonchev–Trinajstić information content (AvgIpc) is 2.71. The third kappa shape index (κ3) is 5.73. The van der Waals surface area contributed by atoms with Gasteiger partial charge in [0.15, 0.2) is 5.11 Å². The lowest BCUT2D eigenvalue weighted by molar-refractivity contribution is -0.384. The number of aliphatic hydroxyl groups excluding tert-OH is 1. The number of thiocarbonyl (C=S) groups is 1. The second-order valence-corrected chi connectivity index (χ2v) is 6.23. The van der Waals surface area contributed by atoms with E-state index in [0.717, 1.165) is 5.69 Å². The smallest absolute Gasteiger partial charge is 0.269 e. The second-order valence-electron chi connectivity index (χ2n) is 5.85. The monoisotopic (exact) mass is 403 g/mol. The molecule has 0 aliphatic carbocycles. The average molecular weight is 403 g/mol. The maximum Gasteiger partial charge on any atom is 0.269 e. The molecule has 2 rings (SSSR count). The molecule has 148 valence electrons. The van der Waals surface area contributed by atoms with Gasteiger partial charge >= 0.3 is 0 Å². The molecule has 0 radical (unpaired) electrons. The Morgan fingerprint density at radius 1 is 1.25 bits per heavy atom. The van der Waals surface area contributed by atoms with Crippen molar-refractivity contribution in [2.75, 3.05) is 25.2 Å². The fourth-order valence-corrected chi connectivity index (χ4v) is 2.77. The van der Waals surface area contributed by atoms with Gasteiger partial charge in [0, 0.05) is 42.6 Å². The summed E-state index contributed by atoms with van der Waals surface area (Å²) >= 11 is 5.41. The van der Waals surface area contributed by atoms with E-state index in [4.69, 9.17) is 22.1 Å². The first-order valence-corrected chi connectivity index (χ1v) is 8.99. The number of non-ortho nitro benzene ring substituents is 1. The molecule has 9 heteroatoms. The Hall–Kier alpha value is -3.04. The van der Waals surface area contributed by atoms with Crippen LogP contribution < -0.4 is 15.0 Å². The van der Waals surface area contributed by atoms with Crippen LogP contribution in [0.15, 0.2) is 48.5 Å². The molecule has 2 aromatic carbocycles. The molecule has 2 aromatic rings. The number of anilines is 1. The molecule has 0 aliphatic rings. The number of hydrogen-bond acceptors (Lipinski definition) is 6. The lowest BCUT2D eigenvalue weighted by Gasteiger charge is -2.26. The van der Waals surface area contributed by atoms with E-state index in [1.54, 1.807) is 24.1 Å². The Labute approximate surface area is 167 Å². The Morgan fingerprint density at radius 3 is 2.57 bits per heavy atom. The summed E-state index contributed by atoms with van der Waals surface area (Å²) in [5, 5.41) is 22.6. The van der Waals surface area contributed by atoms with Gasteiger partial charge in [-0.15, -0.1) is 0 Å². The lowest BCUT2D eigenvalue weighted by atomic mass is 10.2. The molecule has 0 unspecified atom stereocenters. The van der Waals surface area contributed by atoms with Crippen LogP contribution in [0.1, 0.15) is 23.2 Å². The molecular weight excluding hydrogens is 382 g/mol. The minimum Gasteiger partial charge on any atom is -0.497 e. The van der Waals surface area contributed by atoms with Gasteiger partial charge in [0.1, 0.15) is 5.75 Å². The van der Waals surface area contributed by atoms with Crippen molar-refractivity contribution in [1.82, 2.24) is 5.32 Å². The number of nitrogens with one attached hydrogen (secondary N) is 1. The number of nitrogens with zero attached hydrogens (tertiary/aromatic N) is 2. The van der Waals surface area contributed by atoms with Gasteiger partial charge in [-0.05, 0) is 49.3 Å². The molecule has 0 aromatic heterocycles. The second kappa shape index (κ2) is 10.3. The van der Waals surface area contributed by atoms with Gasteiger partial charge < -0.3 is 14.7 Å². The fraction of sp³-hybridized carbons (Fsp3) is 0.263. The number of carbonyl (C=O) groups is 1. The molecule has 28 heavy (non-hydrogen) atoms. The molecule has 0 saturated carbocycles. The number of benzene rings is 2. The van der Waals surface area contributed by atoms with Crippen LogP contribution in [0.2, 0.25) is 0 Å². The number of hydrogen-bond donors (Lipinski definition) is 2. The summed E-state index contributed by atoms with van der Waals surface area (Å²) in [6, 6.07) is 12.5. The number of carbonyl (C=O) groups excluding carboxylic acids is 1. The summed E-state index contributed by atoms with van der Waals surface area (Å²) in [6.07, 6.45) is 1.26. The molecule has 0 saturated heterocycles. The zero-order valence-corrected chi connectivity index (χ0v) is 16.1. The van der Waals surface area contributed by atoms with Gasteiger partial charge in [-0.2, -0.15) is 0 Å². The molecular formula is C19H21N3O5S. The molecule has 0 atom stereocenters. The van der Waals surface area contributed by atoms with E-state index in [9.17, 15) is 14.9 Å². The Morgan fingerprint density at radius 2 is 1.96 bits per heavy atom. The van der Waals surface area contributed by atoms with E-state index in [-0.39, 0.29) is 23.0 Å². The zero-order chi connectivity index (χ0) is 20.5. The van der Waals surface area contributed by atoms with Crippen LogP contribution in [-0.2, 0) is 0 Å². The van der Waals surface area contributed by atoms with Crippen molar-refractivity contribution in [2.45, 2.75) is 12.8 Å². The van der Waals surface area contributed by atoms with E-state index in [2.05, 4.69) is 5.32 Å². The summed E-state index contributed by atoms with van der Waals surface area (Å²) in [5.41, 5.74) is 0.904. The summed E-state index contributed by atoms with van der Waals surface area (Å²) in [4.78, 5) is 24.4.